The van der Waals surface area contributed by atoms with Crippen LogP contribution >= 0.6 is 0 Å². The first-order chi connectivity index (χ1) is 29.2. The summed E-state index contributed by atoms with van der Waals surface area (Å²) < 4.78 is 13.4. The fraction of sp³-hybridized carbons (Fsp3) is 0.0545. The third-order valence-corrected chi connectivity index (χ3v) is 12.2. The van der Waals surface area contributed by atoms with Crippen LogP contribution < -0.4 is 0 Å². The second-order valence-corrected chi connectivity index (χ2v) is 15.6. The molecule has 3 heterocycles. The Hall–Kier alpha value is -7.56. The number of rotatable bonds is 5. The number of aryl methyl sites for hydroxylation is 1. The maximum atomic E-state index is 6.74. The summed E-state index contributed by atoms with van der Waals surface area (Å²) in [6.45, 7) is 0. The van der Waals surface area contributed by atoms with Crippen molar-refractivity contribution in [3.63, 3.8) is 0 Å². The van der Waals surface area contributed by atoms with Crippen molar-refractivity contribution in [2.45, 2.75) is 18.8 Å². The normalized spacial score (nSPS) is 13.8. The van der Waals surface area contributed by atoms with Crippen molar-refractivity contribution in [2.75, 3.05) is 0 Å². The Morgan fingerprint density at radius 2 is 0.932 bits per heavy atom. The van der Waals surface area contributed by atoms with Crippen molar-refractivity contribution >= 4 is 43.9 Å². The minimum atomic E-state index is 0.364. The van der Waals surface area contributed by atoms with Crippen molar-refractivity contribution in [1.29, 1.82) is 0 Å². The van der Waals surface area contributed by atoms with Gasteiger partial charge in [-0.25, -0.2) is 9.97 Å². The highest BCUT2D eigenvalue weighted by molar-refractivity contribution is 6.19. The topological polar surface area (TPSA) is 52.1 Å². The second-order valence-electron chi connectivity index (χ2n) is 15.6. The van der Waals surface area contributed by atoms with E-state index in [1.54, 1.807) is 0 Å². The Morgan fingerprint density at radius 1 is 0.407 bits per heavy atom. The minimum absolute atomic E-state index is 0.364. The molecule has 11 aromatic rings. The summed E-state index contributed by atoms with van der Waals surface area (Å²) in [5.41, 5.74) is 16.9. The molecule has 12 rings (SSSR count). The first kappa shape index (κ1) is 33.6. The Balaban J connectivity index is 0.937. The van der Waals surface area contributed by atoms with Crippen LogP contribution in [0.15, 0.2) is 197 Å². The number of benzene rings is 8. The van der Waals surface area contributed by atoms with Crippen molar-refractivity contribution < 1.29 is 8.83 Å². The number of aromatic nitrogens is 2. The first-order valence-electron chi connectivity index (χ1n) is 20.3. The molecule has 0 amide bonds. The molecule has 0 saturated heterocycles. The molecule has 1 atom stereocenters. The summed E-state index contributed by atoms with van der Waals surface area (Å²) in [5, 5.41) is 4.14. The summed E-state index contributed by atoms with van der Waals surface area (Å²) in [4.78, 5) is 10.1. The van der Waals surface area contributed by atoms with E-state index in [0.717, 1.165) is 90.4 Å². The Morgan fingerprint density at radius 3 is 1.59 bits per heavy atom. The Kier molecular flexibility index (Phi) is 7.70. The van der Waals surface area contributed by atoms with Crippen molar-refractivity contribution in [2.24, 2.45) is 0 Å². The highest BCUT2D eigenvalue weighted by atomic mass is 16.4. The number of hydrogen-bond donors (Lipinski definition) is 0. The van der Waals surface area contributed by atoms with Gasteiger partial charge in [0.15, 0.2) is 17.0 Å². The molecule has 4 heteroatoms. The molecule has 8 aromatic carbocycles. The maximum Gasteiger partial charge on any atom is 0.178 e. The molecule has 3 aromatic heterocycles. The van der Waals surface area contributed by atoms with E-state index in [1.807, 2.05) is 36.4 Å². The number of nitrogens with zero attached hydrogens (tertiary/aromatic N) is 2. The fourth-order valence-electron chi connectivity index (χ4n) is 9.23. The van der Waals surface area contributed by atoms with Gasteiger partial charge in [0.25, 0.3) is 0 Å². The molecular formula is C55H36N2O2. The lowest BCUT2D eigenvalue weighted by atomic mass is 9.86. The average molecular weight is 757 g/mol. The highest BCUT2D eigenvalue weighted by Crippen LogP contribution is 2.44. The van der Waals surface area contributed by atoms with E-state index >= 15 is 0 Å². The van der Waals surface area contributed by atoms with Gasteiger partial charge in [-0.1, -0.05) is 140 Å². The summed E-state index contributed by atoms with van der Waals surface area (Å²) in [6.07, 6.45) is 2.11. The number of hydrogen-bond acceptors (Lipinski definition) is 4. The van der Waals surface area contributed by atoms with E-state index in [2.05, 4.69) is 152 Å². The largest absolute Gasteiger partial charge is 0.452 e. The zero-order valence-corrected chi connectivity index (χ0v) is 32.1. The second kappa shape index (κ2) is 13.5. The van der Waals surface area contributed by atoms with Gasteiger partial charge in [0.05, 0.1) is 11.4 Å². The van der Waals surface area contributed by atoms with Crippen LogP contribution in [0.3, 0.4) is 0 Å². The molecule has 1 aliphatic rings. The molecule has 0 fully saturated rings. The molecular weight excluding hydrogens is 721 g/mol. The fourth-order valence-corrected chi connectivity index (χ4v) is 9.23. The van der Waals surface area contributed by atoms with Crippen molar-refractivity contribution in [3.05, 3.63) is 205 Å². The minimum Gasteiger partial charge on any atom is -0.452 e. The number of furan rings is 2. The molecule has 59 heavy (non-hydrogen) atoms. The Bertz CT molecular complexity index is 3330. The van der Waals surface area contributed by atoms with Crippen molar-refractivity contribution in [1.82, 2.24) is 9.97 Å². The third kappa shape index (κ3) is 5.67. The van der Waals surface area contributed by atoms with Crippen LogP contribution in [0.1, 0.15) is 29.0 Å². The van der Waals surface area contributed by atoms with Crippen LogP contribution in [-0.2, 0) is 6.42 Å². The van der Waals surface area contributed by atoms with Crippen molar-refractivity contribution in [3.8, 4) is 56.2 Å². The standard InChI is InChI=1S/C55H36N2O2/c1-4-12-34(13-5-1)41-25-22-35-20-21-38(30-48(35)43-19-11-10-18-42(41)43)39-23-26-44-46-28-29-47-45-27-24-40(32-52(45)59-54(47)53(46)58-51(44)31-39)55-56-49(36-14-6-2-7-15-36)33-50(57-55)37-16-8-3-9-17-37/h1-21,23-24,26-33,41H,22,25H2. The predicted octanol–water partition coefficient (Wildman–Crippen LogP) is 14.7. The highest BCUT2D eigenvalue weighted by Gasteiger charge is 2.24. The van der Waals surface area contributed by atoms with Crippen LogP contribution in [0.4, 0.5) is 0 Å². The van der Waals surface area contributed by atoms with E-state index in [-0.39, 0.29) is 0 Å². The van der Waals surface area contributed by atoms with E-state index < -0.39 is 0 Å². The van der Waals surface area contributed by atoms with Gasteiger partial charge in [0.2, 0.25) is 0 Å². The van der Waals surface area contributed by atoms with E-state index in [0.29, 0.717) is 11.7 Å². The van der Waals surface area contributed by atoms with Gasteiger partial charge in [-0.05, 0) is 100 Å². The van der Waals surface area contributed by atoms with E-state index in [1.165, 1.54) is 33.4 Å². The van der Waals surface area contributed by atoms with Gasteiger partial charge in [-0.15, -0.1) is 0 Å². The van der Waals surface area contributed by atoms with Gasteiger partial charge in [-0.2, -0.15) is 0 Å². The molecule has 1 aliphatic carbocycles. The zero-order chi connectivity index (χ0) is 38.9. The van der Waals surface area contributed by atoms with Gasteiger partial charge >= 0.3 is 0 Å². The molecule has 4 nitrogen and oxygen atoms in total. The predicted molar refractivity (Wildman–Crippen MR) is 240 cm³/mol. The summed E-state index contributed by atoms with van der Waals surface area (Å²) in [6, 6.07) is 66.6. The monoisotopic (exact) mass is 756 g/mol. The van der Waals surface area contributed by atoms with Crippen LogP contribution in [0, 0.1) is 0 Å². The van der Waals surface area contributed by atoms with E-state index in [9.17, 15) is 0 Å². The van der Waals surface area contributed by atoms with Crippen LogP contribution in [0.25, 0.3) is 100 Å². The van der Waals surface area contributed by atoms with Gasteiger partial charge < -0.3 is 8.83 Å². The smallest absolute Gasteiger partial charge is 0.178 e. The summed E-state index contributed by atoms with van der Waals surface area (Å²) >= 11 is 0. The number of fused-ring (bicyclic) bond motifs is 10. The zero-order valence-electron chi connectivity index (χ0n) is 32.1. The molecule has 1 unspecified atom stereocenters. The molecule has 0 spiro atoms. The average Bonchev–Trinajstić information content (AvgIpc) is 3.83. The molecule has 0 aliphatic heterocycles. The summed E-state index contributed by atoms with van der Waals surface area (Å²) in [5.74, 6) is 1.01. The SMILES string of the molecule is c1ccc(-c2cc(-c3ccccc3)nc(-c3ccc4c(c3)oc3c4ccc4c5ccc(-c6ccc7c(c6)-c6ccccc6C(c6ccccc6)CC7)cc5oc43)n2)cc1. The Labute approximate surface area is 341 Å². The summed E-state index contributed by atoms with van der Waals surface area (Å²) in [7, 11) is 0. The van der Waals surface area contributed by atoms with Crippen LogP contribution in [0.2, 0.25) is 0 Å². The molecule has 0 N–H and O–H groups in total. The molecule has 0 radical (unpaired) electrons. The molecule has 278 valence electrons. The maximum absolute atomic E-state index is 6.74. The lowest BCUT2D eigenvalue weighted by molar-refractivity contribution is 0.633. The third-order valence-electron chi connectivity index (χ3n) is 12.2. The lowest BCUT2D eigenvalue weighted by Gasteiger charge is -2.18. The lowest BCUT2D eigenvalue weighted by Crippen LogP contribution is -2.01. The first-order valence-corrected chi connectivity index (χ1v) is 20.3. The van der Waals surface area contributed by atoms with Crippen LogP contribution in [-0.4, -0.2) is 9.97 Å². The molecule has 0 saturated carbocycles. The molecule has 0 bridgehead atoms. The van der Waals surface area contributed by atoms with Gasteiger partial charge in [-0.3, -0.25) is 0 Å². The quantitative estimate of drug-likeness (QED) is 0.175. The van der Waals surface area contributed by atoms with Gasteiger partial charge in [0, 0.05) is 44.2 Å². The van der Waals surface area contributed by atoms with Gasteiger partial charge in [0.1, 0.15) is 11.2 Å². The van der Waals surface area contributed by atoms with Crippen LogP contribution in [0.5, 0.6) is 0 Å². The van der Waals surface area contributed by atoms with E-state index in [4.69, 9.17) is 18.8 Å².